The van der Waals surface area contributed by atoms with E-state index in [-0.39, 0.29) is 5.92 Å². The number of hydrogen-bond donors (Lipinski definition) is 2. The predicted octanol–water partition coefficient (Wildman–Crippen LogP) is 3.53. The van der Waals surface area contributed by atoms with Crippen LogP contribution in [-0.4, -0.2) is 42.1 Å². The second-order valence-electron chi connectivity index (χ2n) is 8.67. The second-order valence-corrected chi connectivity index (χ2v) is 9.99. The van der Waals surface area contributed by atoms with Crippen LogP contribution < -0.4 is 11.1 Å². The van der Waals surface area contributed by atoms with Gasteiger partial charge in [0.2, 0.25) is 0 Å². The van der Waals surface area contributed by atoms with Crippen LogP contribution in [0.5, 0.6) is 0 Å². The molecule has 2 saturated heterocycles. The van der Waals surface area contributed by atoms with Gasteiger partial charge in [0, 0.05) is 41.6 Å². The van der Waals surface area contributed by atoms with Gasteiger partial charge in [-0.15, -0.1) is 0 Å². The molecule has 3 aromatic rings. The first-order chi connectivity index (χ1) is 15.0. The number of nitrogens with two attached hydrogens (primary N) is 1. The van der Waals surface area contributed by atoms with Crippen LogP contribution in [0.25, 0.3) is 22.3 Å². The molecule has 2 fully saturated rings. The summed E-state index contributed by atoms with van der Waals surface area (Å²) in [4.78, 5) is 10.3. The molecule has 0 saturated carbocycles. The molecule has 5 heterocycles. The van der Waals surface area contributed by atoms with E-state index in [2.05, 4.69) is 15.4 Å². The Balaban J connectivity index is 1.64. The number of nitrogen functional groups attached to an aromatic ring is 1. The average molecular weight is 437 g/mol. The van der Waals surface area contributed by atoms with Crippen LogP contribution in [0.15, 0.2) is 35.5 Å². The number of allylic oxidation sites excluding steroid dienone is 2. The number of pyridine rings is 1. The Morgan fingerprint density at radius 3 is 2.61 bits per heavy atom. The summed E-state index contributed by atoms with van der Waals surface area (Å²) in [5.74, 6) is 0.679. The Kier molecular flexibility index (Phi) is 5.14. The van der Waals surface area contributed by atoms with Gasteiger partial charge in [0.25, 0.3) is 0 Å². The minimum absolute atomic E-state index is 0.255. The molecule has 8 heteroatoms. The number of nitrogens with one attached hydrogen (secondary N) is 1. The third-order valence-corrected chi connectivity index (χ3v) is 7.72. The SMILES string of the molecule is C/C=C(\C)c1ccc(-c2cnn3c(N)c(S(C)=O)c(C4CC5CC[C@@H](C4)N5)nc23)cn1. The molecule has 0 amide bonds. The topological polar surface area (TPSA) is 98.2 Å². The van der Waals surface area contributed by atoms with E-state index in [1.165, 1.54) is 12.8 Å². The van der Waals surface area contributed by atoms with Crippen molar-refractivity contribution in [2.75, 3.05) is 12.0 Å². The Bertz CT molecular complexity index is 1190. The summed E-state index contributed by atoms with van der Waals surface area (Å²) >= 11 is 0. The molecular formula is C23H28N6OS. The van der Waals surface area contributed by atoms with Crippen LogP contribution in [0.2, 0.25) is 0 Å². The highest BCUT2D eigenvalue weighted by Gasteiger charge is 2.37. The highest BCUT2D eigenvalue weighted by atomic mass is 32.2. The molecule has 2 aliphatic rings. The largest absolute Gasteiger partial charge is 0.383 e. The van der Waals surface area contributed by atoms with Gasteiger partial charge in [0.15, 0.2) is 5.65 Å². The van der Waals surface area contributed by atoms with Crippen LogP contribution >= 0.6 is 0 Å². The molecule has 0 aromatic carbocycles. The average Bonchev–Trinajstić information content (AvgIpc) is 3.35. The highest BCUT2D eigenvalue weighted by Crippen LogP contribution is 2.40. The van der Waals surface area contributed by atoms with E-state index in [4.69, 9.17) is 10.7 Å². The van der Waals surface area contributed by atoms with Gasteiger partial charge in [-0.1, -0.05) is 12.1 Å². The fraction of sp³-hybridized carbons (Fsp3) is 0.435. The molecule has 4 atom stereocenters. The number of hydrogen-bond acceptors (Lipinski definition) is 6. The van der Waals surface area contributed by atoms with E-state index >= 15 is 0 Å². The number of fused-ring (bicyclic) bond motifs is 3. The summed E-state index contributed by atoms with van der Waals surface area (Å²) in [6.45, 7) is 4.05. The lowest BCUT2D eigenvalue weighted by atomic mass is 9.89. The van der Waals surface area contributed by atoms with Crippen molar-refractivity contribution < 1.29 is 4.21 Å². The fourth-order valence-electron chi connectivity index (χ4n) is 5.01. The van der Waals surface area contributed by atoms with Crippen molar-refractivity contribution in [3.05, 3.63) is 42.0 Å². The van der Waals surface area contributed by atoms with Gasteiger partial charge in [-0.05, 0) is 51.2 Å². The Morgan fingerprint density at radius 1 is 1.26 bits per heavy atom. The molecule has 2 aliphatic heterocycles. The first-order valence-electron chi connectivity index (χ1n) is 10.8. The molecule has 3 N–H and O–H groups in total. The van der Waals surface area contributed by atoms with Gasteiger partial charge in [-0.3, -0.25) is 9.19 Å². The quantitative estimate of drug-likeness (QED) is 0.649. The number of piperidine rings is 1. The summed E-state index contributed by atoms with van der Waals surface area (Å²) in [5, 5.41) is 8.16. The number of aromatic nitrogens is 4. The van der Waals surface area contributed by atoms with Crippen molar-refractivity contribution in [2.24, 2.45) is 0 Å². The molecule has 162 valence electrons. The third kappa shape index (κ3) is 3.47. The summed E-state index contributed by atoms with van der Waals surface area (Å²) in [6.07, 6.45) is 11.8. The van der Waals surface area contributed by atoms with E-state index in [1.807, 2.05) is 38.3 Å². The van der Waals surface area contributed by atoms with Crippen LogP contribution in [-0.2, 0) is 10.8 Å². The molecule has 0 spiro atoms. The molecule has 7 nitrogen and oxygen atoms in total. The summed E-state index contributed by atoms with van der Waals surface area (Å²) in [7, 11) is -1.24. The molecule has 2 bridgehead atoms. The van der Waals surface area contributed by atoms with Crippen LogP contribution in [0.1, 0.15) is 56.8 Å². The Labute approximate surface area is 184 Å². The Morgan fingerprint density at radius 2 is 2.00 bits per heavy atom. The molecule has 0 aliphatic carbocycles. The predicted molar refractivity (Wildman–Crippen MR) is 124 cm³/mol. The monoisotopic (exact) mass is 436 g/mol. The first kappa shape index (κ1) is 20.3. The molecule has 3 aromatic heterocycles. The van der Waals surface area contributed by atoms with E-state index in [1.54, 1.807) is 17.0 Å². The molecule has 5 rings (SSSR count). The lowest BCUT2D eigenvalue weighted by molar-refractivity contribution is 0.356. The maximum atomic E-state index is 12.7. The maximum Gasteiger partial charge on any atom is 0.165 e. The van der Waals surface area contributed by atoms with Crippen LogP contribution in [0.4, 0.5) is 5.82 Å². The summed E-state index contributed by atoms with van der Waals surface area (Å²) in [6, 6.07) is 5.08. The van der Waals surface area contributed by atoms with E-state index < -0.39 is 10.8 Å². The molecular weight excluding hydrogens is 408 g/mol. The van der Waals surface area contributed by atoms with Gasteiger partial charge in [-0.25, -0.2) is 4.98 Å². The van der Waals surface area contributed by atoms with E-state index in [0.29, 0.717) is 28.4 Å². The number of anilines is 1. The summed E-state index contributed by atoms with van der Waals surface area (Å²) in [5.41, 5.74) is 12.0. The standard InChI is InChI=1S/C23H28N6OS/c1-4-13(2)19-8-5-14(11-25-19)18-12-26-29-22(24)21(31(3)30)20(28-23(18)29)15-9-16-6-7-17(10-15)27-16/h4-5,8,11-12,15-17,27H,6-7,9-10,24H2,1-3H3/b13-4+/t15?,16-,17?,31?/m0/s1. The van der Waals surface area contributed by atoms with Crippen molar-refractivity contribution in [3.63, 3.8) is 0 Å². The van der Waals surface area contributed by atoms with E-state index in [9.17, 15) is 4.21 Å². The van der Waals surface area contributed by atoms with Gasteiger partial charge < -0.3 is 11.1 Å². The smallest absolute Gasteiger partial charge is 0.165 e. The lowest BCUT2D eigenvalue weighted by Gasteiger charge is -2.30. The zero-order valence-corrected chi connectivity index (χ0v) is 18.9. The number of nitrogens with zero attached hydrogens (tertiary/aromatic N) is 4. The zero-order valence-electron chi connectivity index (χ0n) is 18.1. The second kappa shape index (κ2) is 7.84. The normalized spacial score (nSPS) is 24.6. The van der Waals surface area contributed by atoms with Crippen molar-refractivity contribution >= 4 is 27.8 Å². The molecule has 31 heavy (non-hydrogen) atoms. The van der Waals surface area contributed by atoms with Crippen molar-refractivity contribution in [1.82, 2.24) is 24.9 Å². The maximum absolute atomic E-state index is 12.7. The van der Waals surface area contributed by atoms with Gasteiger partial charge in [-0.2, -0.15) is 9.61 Å². The van der Waals surface area contributed by atoms with Crippen LogP contribution in [0.3, 0.4) is 0 Å². The van der Waals surface area contributed by atoms with Gasteiger partial charge in [0.05, 0.1) is 28.4 Å². The van der Waals surface area contributed by atoms with Gasteiger partial charge in [0.1, 0.15) is 10.7 Å². The molecule has 0 radical (unpaired) electrons. The fourth-order valence-corrected chi connectivity index (χ4v) is 5.90. The highest BCUT2D eigenvalue weighted by molar-refractivity contribution is 7.84. The minimum Gasteiger partial charge on any atom is -0.383 e. The third-order valence-electron chi connectivity index (χ3n) is 6.72. The van der Waals surface area contributed by atoms with Crippen LogP contribution in [0, 0.1) is 0 Å². The first-order valence-corrected chi connectivity index (χ1v) is 12.4. The molecule has 3 unspecified atom stereocenters. The summed E-state index contributed by atoms with van der Waals surface area (Å²) < 4.78 is 14.3. The van der Waals surface area contributed by atoms with Crippen molar-refractivity contribution in [2.45, 2.75) is 62.4 Å². The van der Waals surface area contributed by atoms with E-state index in [0.717, 1.165) is 40.9 Å². The number of rotatable bonds is 4. The lowest BCUT2D eigenvalue weighted by Crippen LogP contribution is -2.37. The zero-order chi connectivity index (χ0) is 21.7. The van der Waals surface area contributed by atoms with Gasteiger partial charge >= 0.3 is 0 Å². The van der Waals surface area contributed by atoms with Crippen molar-refractivity contribution in [1.29, 1.82) is 0 Å². The van der Waals surface area contributed by atoms with Crippen molar-refractivity contribution in [3.8, 4) is 11.1 Å². The Hall–Kier alpha value is -2.58. The minimum atomic E-state index is -1.24.